The van der Waals surface area contributed by atoms with E-state index < -0.39 is 6.10 Å². The molecule has 0 aliphatic rings. The minimum atomic E-state index is -0.448. The molecule has 114 valence electrons. The largest absolute Gasteiger partial charge is 0.389 e. The molecule has 0 saturated heterocycles. The molecule has 0 fully saturated rings. The summed E-state index contributed by atoms with van der Waals surface area (Å²) >= 11 is 0. The maximum absolute atomic E-state index is 9.55. The molecule has 0 aliphatic heterocycles. The van der Waals surface area contributed by atoms with Gasteiger partial charge < -0.3 is 10.0 Å². The third kappa shape index (κ3) is 5.91. The first-order valence-electron chi connectivity index (χ1n) is 7.79. The second-order valence-corrected chi connectivity index (χ2v) is 6.48. The molecular weight excluding hydrogens is 248 g/mol. The smallest absolute Gasteiger partial charge is 0.128 e. The highest BCUT2D eigenvalue weighted by Gasteiger charge is 2.10. The normalized spacial score (nSPS) is 13.0. The van der Waals surface area contributed by atoms with E-state index in [1.165, 1.54) is 12.8 Å². The minimum Gasteiger partial charge on any atom is -0.389 e. The number of nitrogens with zero attached hydrogens (tertiary/aromatic N) is 2. The summed E-state index contributed by atoms with van der Waals surface area (Å²) in [5.41, 5.74) is 0.876. The van der Waals surface area contributed by atoms with Crippen molar-refractivity contribution in [3.8, 4) is 0 Å². The maximum Gasteiger partial charge on any atom is 0.128 e. The summed E-state index contributed by atoms with van der Waals surface area (Å²) < 4.78 is 0. The van der Waals surface area contributed by atoms with Crippen molar-refractivity contribution in [1.29, 1.82) is 0 Å². The number of aromatic nitrogens is 1. The molecule has 1 aromatic heterocycles. The molecular formula is C17H30N2O. The third-order valence-corrected chi connectivity index (χ3v) is 3.53. The molecule has 1 heterocycles. The lowest BCUT2D eigenvalue weighted by Gasteiger charge is -2.25. The summed E-state index contributed by atoms with van der Waals surface area (Å²) in [5.74, 6) is 2.43. The van der Waals surface area contributed by atoms with E-state index in [0.29, 0.717) is 11.8 Å². The van der Waals surface area contributed by atoms with Gasteiger partial charge in [-0.2, -0.15) is 0 Å². The number of pyridine rings is 1. The zero-order chi connectivity index (χ0) is 15.1. The second-order valence-electron chi connectivity index (χ2n) is 6.48. The molecule has 0 spiro atoms. The van der Waals surface area contributed by atoms with Crippen LogP contribution >= 0.6 is 0 Å². The number of rotatable bonds is 8. The number of aliphatic hydroxyl groups is 1. The molecule has 0 aliphatic carbocycles. The Labute approximate surface area is 124 Å². The van der Waals surface area contributed by atoms with Crippen LogP contribution in [0.2, 0.25) is 0 Å². The van der Waals surface area contributed by atoms with Crippen LogP contribution in [0.5, 0.6) is 0 Å². The van der Waals surface area contributed by atoms with Crippen LogP contribution in [-0.4, -0.2) is 23.2 Å². The Kier molecular flexibility index (Phi) is 7.00. The number of anilines is 1. The van der Waals surface area contributed by atoms with Gasteiger partial charge in [0.15, 0.2) is 0 Å². The molecule has 20 heavy (non-hydrogen) atoms. The zero-order valence-corrected chi connectivity index (χ0v) is 13.6. The SMILES string of the molecule is CC(C)CCN(CCC(C)C)c1ccc([C@@H](C)O)cn1. The molecule has 0 radical (unpaired) electrons. The monoisotopic (exact) mass is 278 g/mol. The first kappa shape index (κ1) is 17.0. The van der Waals surface area contributed by atoms with Crippen molar-refractivity contribution in [2.75, 3.05) is 18.0 Å². The number of aliphatic hydroxyl groups excluding tert-OH is 1. The maximum atomic E-state index is 9.55. The highest BCUT2D eigenvalue weighted by atomic mass is 16.3. The van der Waals surface area contributed by atoms with Crippen LogP contribution in [0.25, 0.3) is 0 Å². The van der Waals surface area contributed by atoms with Crippen molar-refractivity contribution in [1.82, 2.24) is 4.98 Å². The fourth-order valence-electron chi connectivity index (χ4n) is 2.00. The van der Waals surface area contributed by atoms with E-state index in [2.05, 4.69) is 37.6 Å². The highest BCUT2D eigenvalue weighted by molar-refractivity contribution is 5.39. The summed E-state index contributed by atoms with van der Waals surface area (Å²) in [5, 5.41) is 9.55. The topological polar surface area (TPSA) is 36.4 Å². The van der Waals surface area contributed by atoms with E-state index in [0.717, 1.165) is 24.5 Å². The predicted molar refractivity (Wildman–Crippen MR) is 86.0 cm³/mol. The quantitative estimate of drug-likeness (QED) is 0.780. The van der Waals surface area contributed by atoms with E-state index in [4.69, 9.17) is 0 Å². The summed E-state index contributed by atoms with van der Waals surface area (Å²) in [7, 11) is 0. The average Bonchev–Trinajstić information content (AvgIpc) is 2.38. The molecule has 1 N–H and O–H groups in total. The molecule has 0 saturated carbocycles. The Morgan fingerprint density at radius 3 is 1.90 bits per heavy atom. The summed E-state index contributed by atoms with van der Waals surface area (Å²) in [6.07, 6.45) is 3.70. The number of hydrogen-bond donors (Lipinski definition) is 1. The van der Waals surface area contributed by atoms with Crippen molar-refractivity contribution in [2.45, 2.75) is 53.6 Å². The highest BCUT2D eigenvalue weighted by Crippen LogP contribution is 2.18. The van der Waals surface area contributed by atoms with Gasteiger partial charge in [-0.15, -0.1) is 0 Å². The standard InChI is InChI=1S/C17H30N2O/c1-13(2)8-10-19(11-9-14(3)4)17-7-6-16(12-18-17)15(5)20/h6-7,12-15,20H,8-11H2,1-5H3/t15-/m1/s1. The average molecular weight is 278 g/mol. The van der Waals surface area contributed by atoms with Crippen molar-refractivity contribution in [3.63, 3.8) is 0 Å². The molecule has 0 unspecified atom stereocenters. The van der Waals surface area contributed by atoms with Crippen molar-refractivity contribution >= 4 is 5.82 Å². The molecule has 3 nitrogen and oxygen atoms in total. The van der Waals surface area contributed by atoms with E-state index >= 15 is 0 Å². The molecule has 1 aromatic rings. The van der Waals surface area contributed by atoms with E-state index in [1.54, 1.807) is 13.1 Å². The lowest BCUT2D eigenvalue weighted by atomic mass is 10.1. The Bertz CT molecular complexity index is 359. The van der Waals surface area contributed by atoms with Gasteiger partial charge in [0.1, 0.15) is 5.82 Å². The van der Waals surface area contributed by atoms with Gasteiger partial charge >= 0.3 is 0 Å². The van der Waals surface area contributed by atoms with Crippen molar-refractivity contribution in [3.05, 3.63) is 23.9 Å². The van der Waals surface area contributed by atoms with Gasteiger partial charge in [0.05, 0.1) is 6.10 Å². The molecule has 3 heteroatoms. The van der Waals surface area contributed by atoms with E-state index in [1.807, 2.05) is 12.1 Å². The minimum absolute atomic E-state index is 0.448. The van der Waals surface area contributed by atoms with Crippen molar-refractivity contribution in [2.24, 2.45) is 11.8 Å². The third-order valence-electron chi connectivity index (χ3n) is 3.53. The van der Waals surface area contributed by atoms with Gasteiger partial charge in [-0.05, 0) is 43.2 Å². The van der Waals surface area contributed by atoms with Gasteiger partial charge in [0.2, 0.25) is 0 Å². The van der Waals surface area contributed by atoms with Gasteiger partial charge in [0, 0.05) is 19.3 Å². The van der Waals surface area contributed by atoms with Crippen LogP contribution in [0, 0.1) is 11.8 Å². The summed E-state index contributed by atoms with van der Waals surface area (Å²) in [6.45, 7) is 12.9. The Balaban J connectivity index is 2.74. The summed E-state index contributed by atoms with van der Waals surface area (Å²) in [6, 6.07) is 4.01. The summed E-state index contributed by atoms with van der Waals surface area (Å²) in [4.78, 5) is 6.89. The molecule has 0 aromatic carbocycles. The molecule has 1 rings (SSSR count). The first-order chi connectivity index (χ1) is 9.40. The lowest BCUT2D eigenvalue weighted by Crippen LogP contribution is -2.28. The molecule has 0 bridgehead atoms. The molecule has 0 amide bonds. The van der Waals surface area contributed by atoms with Crippen LogP contribution in [0.3, 0.4) is 0 Å². The van der Waals surface area contributed by atoms with Crippen molar-refractivity contribution < 1.29 is 5.11 Å². The van der Waals surface area contributed by atoms with Gasteiger partial charge in [-0.1, -0.05) is 33.8 Å². The second kappa shape index (κ2) is 8.25. The van der Waals surface area contributed by atoms with E-state index in [-0.39, 0.29) is 0 Å². The van der Waals surface area contributed by atoms with Crippen LogP contribution in [0.15, 0.2) is 18.3 Å². The Morgan fingerprint density at radius 1 is 1.00 bits per heavy atom. The van der Waals surface area contributed by atoms with Crippen LogP contribution in [0.1, 0.15) is 59.1 Å². The fourth-order valence-corrected chi connectivity index (χ4v) is 2.00. The van der Waals surface area contributed by atoms with Gasteiger partial charge in [0.25, 0.3) is 0 Å². The first-order valence-corrected chi connectivity index (χ1v) is 7.79. The predicted octanol–water partition coefficient (Wildman–Crippen LogP) is 4.03. The van der Waals surface area contributed by atoms with Crippen LogP contribution in [0.4, 0.5) is 5.82 Å². The lowest BCUT2D eigenvalue weighted by molar-refractivity contribution is 0.199. The van der Waals surface area contributed by atoms with Gasteiger partial charge in [-0.3, -0.25) is 0 Å². The van der Waals surface area contributed by atoms with E-state index in [9.17, 15) is 5.11 Å². The number of hydrogen-bond acceptors (Lipinski definition) is 3. The fraction of sp³-hybridized carbons (Fsp3) is 0.706. The molecule has 1 atom stereocenters. The van der Waals surface area contributed by atoms with Crippen LogP contribution < -0.4 is 4.90 Å². The Morgan fingerprint density at radius 2 is 1.55 bits per heavy atom. The Hall–Kier alpha value is -1.09. The van der Waals surface area contributed by atoms with Gasteiger partial charge in [-0.25, -0.2) is 4.98 Å². The zero-order valence-electron chi connectivity index (χ0n) is 13.6. The van der Waals surface area contributed by atoms with Crippen LogP contribution in [-0.2, 0) is 0 Å².